The van der Waals surface area contributed by atoms with Crippen LogP contribution in [0.15, 0.2) is 54.9 Å². The molecule has 1 fully saturated rings. The van der Waals surface area contributed by atoms with Crippen molar-refractivity contribution in [3.63, 3.8) is 0 Å². The number of hydrogen-bond donors (Lipinski definition) is 5. The van der Waals surface area contributed by atoms with E-state index in [0.29, 0.717) is 64.2 Å². The molecule has 1 aliphatic rings. The SMILES string of the molecule is COc1nc(-c2ccnc(-c3cccc(Nc4nccc(CNCCC(=O)O)c4F)c3Cl)c2Cl)ccc1CNC[C@H]1CCC(=O)N1. The topological polar surface area (TPSA) is 150 Å². The molecule has 0 unspecified atom stereocenters. The van der Waals surface area contributed by atoms with Crippen LogP contribution in [0.2, 0.25) is 10.0 Å². The molecule has 240 valence electrons. The van der Waals surface area contributed by atoms with E-state index >= 15 is 4.39 Å². The lowest BCUT2D eigenvalue weighted by Gasteiger charge is -2.16. The molecule has 5 rings (SSSR count). The minimum absolute atomic E-state index is 0.0386. The highest BCUT2D eigenvalue weighted by molar-refractivity contribution is 6.39. The summed E-state index contributed by atoms with van der Waals surface area (Å²) in [6.45, 7) is 1.48. The van der Waals surface area contributed by atoms with Gasteiger partial charge in [-0.3, -0.25) is 14.6 Å². The molecular weight excluding hydrogens is 636 g/mol. The predicted molar refractivity (Wildman–Crippen MR) is 174 cm³/mol. The number of aliphatic carboxylic acids is 1. The highest BCUT2D eigenvalue weighted by Gasteiger charge is 2.21. The first-order valence-corrected chi connectivity index (χ1v) is 15.3. The number of carbonyl (C=O) groups excluding carboxylic acids is 1. The Bertz CT molecular complexity index is 1740. The molecule has 1 amide bonds. The number of ether oxygens (including phenoxy) is 1. The molecule has 3 aromatic heterocycles. The zero-order valence-corrected chi connectivity index (χ0v) is 26.4. The Labute approximate surface area is 274 Å². The van der Waals surface area contributed by atoms with Crippen LogP contribution in [-0.4, -0.2) is 58.2 Å². The molecule has 1 saturated heterocycles. The van der Waals surface area contributed by atoms with Crippen LogP contribution in [0.3, 0.4) is 0 Å². The summed E-state index contributed by atoms with van der Waals surface area (Å²) < 4.78 is 20.8. The van der Waals surface area contributed by atoms with Crippen LogP contribution < -0.4 is 26.0 Å². The first-order valence-electron chi connectivity index (χ1n) is 14.6. The van der Waals surface area contributed by atoms with Crippen molar-refractivity contribution in [1.82, 2.24) is 30.9 Å². The van der Waals surface area contributed by atoms with Crippen LogP contribution in [0, 0.1) is 5.82 Å². The van der Waals surface area contributed by atoms with Crippen molar-refractivity contribution in [3.05, 3.63) is 81.8 Å². The summed E-state index contributed by atoms with van der Waals surface area (Å²) >= 11 is 13.7. The van der Waals surface area contributed by atoms with Gasteiger partial charge in [0.25, 0.3) is 0 Å². The average Bonchev–Trinajstić information content (AvgIpc) is 3.46. The number of pyridine rings is 3. The van der Waals surface area contributed by atoms with Gasteiger partial charge in [-0.05, 0) is 30.7 Å². The lowest BCUT2D eigenvalue weighted by Crippen LogP contribution is -2.35. The monoisotopic (exact) mass is 667 g/mol. The largest absolute Gasteiger partial charge is 0.481 e. The van der Waals surface area contributed by atoms with Crippen LogP contribution in [0.1, 0.15) is 30.4 Å². The van der Waals surface area contributed by atoms with E-state index in [4.69, 9.17) is 38.0 Å². The van der Waals surface area contributed by atoms with E-state index in [1.54, 1.807) is 37.6 Å². The van der Waals surface area contributed by atoms with E-state index in [1.807, 2.05) is 12.1 Å². The minimum Gasteiger partial charge on any atom is -0.481 e. The molecule has 1 aliphatic heterocycles. The van der Waals surface area contributed by atoms with E-state index in [1.165, 1.54) is 12.3 Å². The Morgan fingerprint density at radius 1 is 1.04 bits per heavy atom. The molecule has 0 aliphatic carbocycles. The second kappa shape index (κ2) is 15.3. The number of benzene rings is 1. The Balaban J connectivity index is 1.34. The highest BCUT2D eigenvalue weighted by atomic mass is 35.5. The van der Waals surface area contributed by atoms with Crippen LogP contribution in [0.5, 0.6) is 5.88 Å². The van der Waals surface area contributed by atoms with Crippen molar-refractivity contribution in [2.24, 2.45) is 0 Å². The van der Waals surface area contributed by atoms with Crippen LogP contribution in [-0.2, 0) is 22.7 Å². The van der Waals surface area contributed by atoms with Gasteiger partial charge in [-0.25, -0.2) is 14.4 Å². The summed E-state index contributed by atoms with van der Waals surface area (Å²) in [6, 6.07) is 12.3. The second-order valence-electron chi connectivity index (χ2n) is 10.6. The Morgan fingerprint density at radius 2 is 1.85 bits per heavy atom. The maximum Gasteiger partial charge on any atom is 0.304 e. The van der Waals surface area contributed by atoms with Crippen molar-refractivity contribution >= 4 is 46.6 Å². The van der Waals surface area contributed by atoms with E-state index in [2.05, 4.69) is 31.2 Å². The Hall–Kier alpha value is -4.36. The molecule has 0 saturated carbocycles. The average molecular weight is 669 g/mol. The molecule has 14 heteroatoms. The summed E-state index contributed by atoms with van der Waals surface area (Å²) in [5.74, 6) is -1.05. The fourth-order valence-corrected chi connectivity index (χ4v) is 5.61. The number of methoxy groups -OCH3 is 1. The first-order chi connectivity index (χ1) is 22.2. The molecule has 0 spiro atoms. The van der Waals surface area contributed by atoms with E-state index in [-0.39, 0.29) is 42.3 Å². The van der Waals surface area contributed by atoms with Gasteiger partial charge in [0.05, 0.1) is 40.7 Å². The first kappa shape index (κ1) is 33.0. The minimum atomic E-state index is -0.939. The summed E-state index contributed by atoms with van der Waals surface area (Å²) in [4.78, 5) is 35.5. The number of halogens is 3. The second-order valence-corrected chi connectivity index (χ2v) is 11.3. The summed E-state index contributed by atoms with van der Waals surface area (Å²) in [5.41, 5.74) is 3.66. The van der Waals surface area contributed by atoms with Crippen molar-refractivity contribution < 1.29 is 23.8 Å². The van der Waals surface area contributed by atoms with Gasteiger partial charge >= 0.3 is 5.97 Å². The fourth-order valence-electron chi connectivity index (χ4n) is 5.04. The zero-order valence-electron chi connectivity index (χ0n) is 24.9. The van der Waals surface area contributed by atoms with Gasteiger partial charge in [-0.2, -0.15) is 0 Å². The number of carbonyl (C=O) groups is 2. The maximum atomic E-state index is 15.3. The molecule has 11 nitrogen and oxygen atoms in total. The number of carboxylic acid groups (broad SMARTS) is 1. The van der Waals surface area contributed by atoms with Crippen molar-refractivity contribution in [1.29, 1.82) is 0 Å². The number of carboxylic acids is 1. The summed E-state index contributed by atoms with van der Waals surface area (Å²) in [6.07, 6.45) is 4.34. The maximum absolute atomic E-state index is 15.3. The van der Waals surface area contributed by atoms with Gasteiger partial charge in [0.2, 0.25) is 11.8 Å². The number of nitrogens with one attached hydrogen (secondary N) is 4. The third-order valence-electron chi connectivity index (χ3n) is 7.40. The predicted octanol–water partition coefficient (Wildman–Crippen LogP) is 5.34. The smallest absolute Gasteiger partial charge is 0.304 e. The van der Waals surface area contributed by atoms with Crippen molar-refractivity contribution in [3.8, 4) is 28.4 Å². The Kier molecular flexibility index (Phi) is 11.0. The summed E-state index contributed by atoms with van der Waals surface area (Å²) in [7, 11) is 1.55. The van der Waals surface area contributed by atoms with E-state index in [0.717, 1.165) is 12.0 Å². The van der Waals surface area contributed by atoms with Gasteiger partial charge in [0.15, 0.2) is 11.6 Å². The summed E-state index contributed by atoms with van der Waals surface area (Å²) in [5, 5.41) is 21.5. The third kappa shape index (κ3) is 7.88. The number of amides is 1. The molecule has 1 atom stereocenters. The molecule has 0 radical (unpaired) electrons. The van der Waals surface area contributed by atoms with Crippen molar-refractivity contribution in [2.45, 2.75) is 38.4 Å². The molecule has 4 aromatic rings. The van der Waals surface area contributed by atoms with Crippen LogP contribution in [0.25, 0.3) is 22.5 Å². The molecule has 1 aromatic carbocycles. The number of nitrogens with zero attached hydrogens (tertiary/aromatic N) is 3. The fraction of sp³-hybridized carbons (Fsp3) is 0.281. The molecular formula is C32H32Cl2FN7O4. The lowest BCUT2D eigenvalue weighted by molar-refractivity contribution is -0.136. The lowest BCUT2D eigenvalue weighted by atomic mass is 10.1. The van der Waals surface area contributed by atoms with Gasteiger partial charge in [-0.15, -0.1) is 0 Å². The quantitative estimate of drug-likeness (QED) is 0.112. The molecule has 0 bridgehead atoms. The standard InChI is InChI=1S/C32H32Cl2FN7O4/c1-46-32-19(16-37-17-20-6-8-25(43)40-20)5-7-23(42-32)21-10-14-38-30(28(21)34)22-3-2-4-24(27(22)33)41-31-29(35)18(9-13-39-31)15-36-12-11-26(44)45/h2-5,7,9-10,13-14,20,36-37H,6,8,11-12,15-17H2,1H3,(H,39,41)(H,40,43)(H,44,45)/t20-/m1/s1. The third-order valence-corrected chi connectivity index (χ3v) is 8.19. The van der Waals surface area contributed by atoms with E-state index in [9.17, 15) is 9.59 Å². The van der Waals surface area contributed by atoms with Gasteiger partial charge < -0.3 is 31.1 Å². The van der Waals surface area contributed by atoms with E-state index < -0.39 is 11.8 Å². The zero-order chi connectivity index (χ0) is 32.6. The number of hydrogen-bond acceptors (Lipinski definition) is 9. The van der Waals surface area contributed by atoms with Gasteiger partial charge in [0, 0.05) is 73.3 Å². The molecule has 46 heavy (non-hydrogen) atoms. The molecule has 5 N–H and O–H groups in total. The van der Waals surface area contributed by atoms with Crippen LogP contribution >= 0.6 is 23.2 Å². The van der Waals surface area contributed by atoms with Gasteiger partial charge in [0.1, 0.15) is 0 Å². The number of rotatable bonds is 14. The van der Waals surface area contributed by atoms with Crippen LogP contribution in [0.4, 0.5) is 15.9 Å². The number of anilines is 2. The molecule has 4 heterocycles. The van der Waals surface area contributed by atoms with Gasteiger partial charge in [-0.1, -0.05) is 41.4 Å². The Morgan fingerprint density at radius 3 is 2.61 bits per heavy atom. The highest BCUT2D eigenvalue weighted by Crippen LogP contribution is 2.40. The number of aromatic nitrogens is 3. The van der Waals surface area contributed by atoms with Crippen molar-refractivity contribution in [2.75, 3.05) is 25.5 Å². The normalized spacial score (nSPS) is 14.3.